The molecule has 1 saturated carbocycles. The Morgan fingerprint density at radius 1 is 1.48 bits per heavy atom. The van der Waals surface area contributed by atoms with Gasteiger partial charge in [0.1, 0.15) is 0 Å². The standard InChI is InChI=1S/C16H23N3O2/c1-2-6-18-14-5-7-17-8-12(14)16(21)19-9-11-3-4-15(20)13(11)10-19/h5,7-8,11,13,15,20H,2-4,6,9-10H2,1H3,(H,17,18). The lowest BCUT2D eigenvalue weighted by Crippen LogP contribution is -2.31. The molecule has 0 aromatic carbocycles. The number of nitrogens with zero attached hydrogens (tertiary/aromatic N) is 2. The first-order chi connectivity index (χ1) is 10.2. The third-order valence-electron chi connectivity index (χ3n) is 4.72. The van der Waals surface area contributed by atoms with Crippen LogP contribution < -0.4 is 5.32 Å². The van der Waals surface area contributed by atoms with E-state index in [-0.39, 0.29) is 17.9 Å². The lowest BCUT2D eigenvalue weighted by Gasteiger charge is -2.20. The van der Waals surface area contributed by atoms with E-state index in [4.69, 9.17) is 0 Å². The zero-order chi connectivity index (χ0) is 14.8. The predicted octanol–water partition coefficient (Wildman–Crippen LogP) is 1.75. The number of nitrogens with one attached hydrogen (secondary N) is 1. The van der Waals surface area contributed by atoms with Crippen LogP contribution in [0.4, 0.5) is 5.69 Å². The molecule has 3 unspecified atom stereocenters. The average Bonchev–Trinajstić information content (AvgIpc) is 3.07. The molecular weight excluding hydrogens is 266 g/mol. The van der Waals surface area contributed by atoms with Crippen LogP contribution in [0.15, 0.2) is 18.5 Å². The molecule has 3 atom stereocenters. The van der Waals surface area contributed by atoms with Crippen molar-refractivity contribution in [2.45, 2.75) is 32.3 Å². The zero-order valence-corrected chi connectivity index (χ0v) is 12.5. The van der Waals surface area contributed by atoms with Gasteiger partial charge in [0.25, 0.3) is 5.91 Å². The number of hydrogen-bond donors (Lipinski definition) is 2. The summed E-state index contributed by atoms with van der Waals surface area (Å²) in [5.41, 5.74) is 1.50. The van der Waals surface area contributed by atoms with Crippen LogP contribution in [0.3, 0.4) is 0 Å². The lowest BCUT2D eigenvalue weighted by molar-refractivity contribution is 0.0753. The van der Waals surface area contributed by atoms with Gasteiger partial charge in [-0.2, -0.15) is 0 Å². The van der Waals surface area contributed by atoms with Gasteiger partial charge in [0, 0.05) is 37.9 Å². The van der Waals surface area contributed by atoms with Crippen molar-refractivity contribution < 1.29 is 9.90 Å². The molecule has 5 nitrogen and oxygen atoms in total. The van der Waals surface area contributed by atoms with Crippen LogP contribution in [-0.2, 0) is 0 Å². The van der Waals surface area contributed by atoms with Crippen LogP contribution in [-0.4, -0.2) is 46.6 Å². The first-order valence-electron chi connectivity index (χ1n) is 7.86. The Labute approximate surface area is 125 Å². The molecule has 0 radical (unpaired) electrons. The summed E-state index contributed by atoms with van der Waals surface area (Å²) in [6, 6.07) is 1.86. The summed E-state index contributed by atoms with van der Waals surface area (Å²) in [4.78, 5) is 18.7. The molecule has 0 bridgehead atoms. The van der Waals surface area contributed by atoms with Crippen LogP contribution in [0.1, 0.15) is 36.5 Å². The van der Waals surface area contributed by atoms with Crippen molar-refractivity contribution in [1.82, 2.24) is 9.88 Å². The van der Waals surface area contributed by atoms with Crippen molar-refractivity contribution in [1.29, 1.82) is 0 Å². The van der Waals surface area contributed by atoms with Crippen LogP contribution in [0.2, 0.25) is 0 Å². The Morgan fingerprint density at radius 3 is 3.10 bits per heavy atom. The molecule has 2 fully saturated rings. The molecule has 0 spiro atoms. The van der Waals surface area contributed by atoms with Crippen molar-refractivity contribution in [2.75, 3.05) is 25.0 Å². The highest BCUT2D eigenvalue weighted by Gasteiger charge is 2.43. The topological polar surface area (TPSA) is 65.5 Å². The van der Waals surface area contributed by atoms with E-state index in [9.17, 15) is 9.90 Å². The molecule has 2 heterocycles. The fraction of sp³-hybridized carbons (Fsp3) is 0.625. The molecule has 5 heteroatoms. The van der Waals surface area contributed by atoms with Gasteiger partial charge in [-0.3, -0.25) is 9.78 Å². The van der Waals surface area contributed by atoms with Gasteiger partial charge in [-0.1, -0.05) is 6.92 Å². The molecule has 114 valence electrons. The van der Waals surface area contributed by atoms with E-state index in [2.05, 4.69) is 17.2 Å². The number of aliphatic hydroxyl groups excluding tert-OH is 1. The number of aliphatic hydroxyl groups is 1. The van der Waals surface area contributed by atoms with Crippen LogP contribution in [0.25, 0.3) is 0 Å². The molecule has 1 aromatic heterocycles. The van der Waals surface area contributed by atoms with E-state index in [1.165, 1.54) is 0 Å². The van der Waals surface area contributed by atoms with E-state index < -0.39 is 0 Å². The molecule has 1 aliphatic carbocycles. The van der Waals surface area contributed by atoms with Crippen LogP contribution >= 0.6 is 0 Å². The molecule has 2 aliphatic rings. The summed E-state index contributed by atoms with van der Waals surface area (Å²) in [5, 5.41) is 13.3. The number of rotatable bonds is 4. The minimum absolute atomic E-state index is 0.0308. The molecule has 2 N–H and O–H groups in total. The number of hydrogen-bond acceptors (Lipinski definition) is 4. The fourth-order valence-corrected chi connectivity index (χ4v) is 3.55. The smallest absolute Gasteiger partial charge is 0.257 e. The summed E-state index contributed by atoms with van der Waals surface area (Å²) in [7, 11) is 0. The SMILES string of the molecule is CCCNc1ccncc1C(=O)N1CC2CCC(O)C2C1. The maximum atomic E-state index is 12.7. The van der Waals surface area contributed by atoms with E-state index in [0.29, 0.717) is 18.0 Å². The van der Waals surface area contributed by atoms with Gasteiger partial charge in [-0.05, 0) is 31.2 Å². The normalized spacial score (nSPS) is 27.7. The fourth-order valence-electron chi connectivity index (χ4n) is 3.55. The summed E-state index contributed by atoms with van der Waals surface area (Å²) in [6.07, 6.45) is 6.04. The van der Waals surface area contributed by atoms with Gasteiger partial charge < -0.3 is 15.3 Å². The first-order valence-corrected chi connectivity index (χ1v) is 7.86. The van der Waals surface area contributed by atoms with Crippen molar-refractivity contribution >= 4 is 11.6 Å². The van der Waals surface area contributed by atoms with Crippen molar-refractivity contribution in [3.63, 3.8) is 0 Å². The monoisotopic (exact) mass is 289 g/mol. The van der Waals surface area contributed by atoms with E-state index in [0.717, 1.165) is 38.0 Å². The molecular formula is C16H23N3O2. The van der Waals surface area contributed by atoms with Crippen molar-refractivity contribution in [3.8, 4) is 0 Å². The van der Waals surface area contributed by atoms with Crippen molar-refractivity contribution in [3.05, 3.63) is 24.0 Å². The molecule has 1 aromatic rings. The van der Waals surface area contributed by atoms with Gasteiger partial charge in [0.2, 0.25) is 0 Å². The number of carbonyl (C=O) groups is 1. The molecule has 3 rings (SSSR count). The quantitative estimate of drug-likeness (QED) is 0.886. The highest BCUT2D eigenvalue weighted by atomic mass is 16.3. The molecule has 21 heavy (non-hydrogen) atoms. The number of likely N-dealkylation sites (tertiary alicyclic amines) is 1. The Hall–Kier alpha value is -1.62. The van der Waals surface area contributed by atoms with E-state index in [1.807, 2.05) is 11.0 Å². The number of anilines is 1. The number of amides is 1. The number of fused-ring (bicyclic) bond motifs is 1. The largest absolute Gasteiger partial charge is 0.393 e. The Bertz CT molecular complexity index is 520. The van der Waals surface area contributed by atoms with Gasteiger partial charge in [-0.15, -0.1) is 0 Å². The lowest BCUT2D eigenvalue weighted by atomic mass is 10.00. The van der Waals surface area contributed by atoms with E-state index in [1.54, 1.807) is 12.4 Å². The van der Waals surface area contributed by atoms with Gasteiger partial charge in [0.05, 0.1) is 17.4 Å². The number of carbonyl (C=O) groups excluding carboxylic acids is 1. The second-order valence-electron chi connectivity index (χ2n) is 6.13. The highest BCUT2D eigenvalue weighted by Crippen LogP contribution is 2.38. The summed E-state index contributed by atoms with van der Waals surface area (Å²) >= 11 is 0. The van der Waals surface area contributed by atoms with Gasteiger partial charge in [-0.25, -0.2) is 0 Å². The van der Waals surface area contributed by atoms with Gasteiger partial charge >= 0.3 is 0 Å². The molecule has 1 amide bonds. The molecule has 1 aliphatic heterocycles. The Balaban J connectivity index is 1.74. The van der Waals surface area contributed by atoms with E-state index >= 15 is 0 Å². The first kappa shape index (κ1) is 14.3. The summed E-state index contributed by atoms with van der Waals surface area (Å²) < 4.78 is 0. The maximum absolute atomic E-state index is 12.7. The summed E-state index contributed by atoms with van der Waals surface area (Å²) in [5.74, 6) is 0.758. The average molecular weight is 289 g/mol. The second kappa shape index (κ2) is 6.02. The minimum atomic E-state index is -0.237. The Morgan fingerprint density at radius 2 is 2.33 bits per heavy atom. The van der Waals surface area contributed by atoms with Crippen LogP contribution in [0, 0.1) is 11.8 Å². The molecule has 1 saturated heterocycles. The highest BCUT2D eigenvalue weighted by molar-refractivity contribution is 5.99. The van der Waals surface area contributed by atoms with Crippen LogP contribution in [0.5, 0.6) is 0 Å². The third kappa shape index (κ3) is 2.75. The predicted molar refractivity (Wildman–Crippen MR) is 81.1 cm³/mol. The summed E-state index contributed by atoms with van der Waals surface area (Å²) in [6.45, 7) is 4.38. The number of aromatic nitrogens is 1. The van der Waals surface area contributed by atoms with Crippen molar-refractivity contribution in [2.24, 2.45) is 11.8 Å². The van der Waals surface area contributed by atoms with Gasteiger partial charge in [0.15, 0.2) is 0 Å². The maximum Gasteiger partial charge on any atom is 0.257 e. The Kier molecular flexibility index (Phi) is 4.10. The third-order valence-corrected chi connectivity index (χ3v) is 4.72. The number of pyridine rings is 1. The zero-order valence-electron chi connectivity index (χ0n) is 12.5. The minimum Gasteiger partial charge on any atom is -0.393 e. The second-order valence-corrected chi connectivity index (χ2v) is 6.13.